The van der Waals surface area contributed by atoms with E-state index in [1.165, 1.54) is 32.1 Å². The first-order chi connectivity index (χ1) is 5.83. The Morgan fingerprint density at radius 3 is 2.58 bits per heavy atom. The summed E-state index contributed by atoms with van der Waals surface area (Å²) in [5, 5.41) is 12.6. The fourth-order valence-corrected chi connectivity index (χ4v) is 1.78. The Balaban J connectivity index is 2.11. The van der Waals surface area contributed by atoms with Gasteiger partial charge in [-0.25, -0.2) is 0 Å². The molecule has 0 aromatic heterocycles. The molecule has 0 radical (unpaired) electrons. The maximum absolute atomic E-state index is 9.41. The van der Waals surface area contributed by atoms with Gasteiger partial charge in [-0.1, -0.05) is 19.3 Å². The molecule has 3 nitrogen and oxygen atoms in total. The van der Waals surface area contributed by atoms with Gasteiger partial charge >= 0.3 is 0 Å². The zero-order valence-corrected chi connectivity index (χ0v) is 7.63. The van der Waals surface area contributed by atoms with Crippen LogP contribution >= 0.6 is 0 Å². The Kier molecular flexibility index (Phi) is 4.58. The van der Waals surface area contributed by atoms with Crippen molar-refractivity contribution in [2.45, 2.75) is 50.8 Å². The first-order valence-electron chi connectivity index (χ1n) is 4.97. The molecule has 0 aliphatic heterocycles. The van der Waals surface area contributed by atoms with E-state index in [2.05, 4.69) is 5.32 Å². The molecule has 1 fully saturated rings. The number of hydrogen-bond donors (Lipinski definition) is 3. The summed E-state index contributed by atoms with van der Waals surface area (Å²) in [6.45, 7) is 0.556. The van der Waals surface area contributed by atoms with Gasteiger partial charge in [-0.3, -0.25) is 5.32 Å². The standard InChI is InChI=1S/C9H20N2O/c10-7-6-9(12)11-8-4-2-1-3-5-8/h8-9,11-12H,1-7,10H2. The van der Waals surface area contributed by atoms with Crippen molar-refractivity contribution in [2.75, 3.05) is 6.54 Å². The van der Waals surface area contributed by atoms with Gasteiger partial charge in [0.15, 0.2) is 0 Å². The van der Waals surface area contributed by atoms with Crippen molar-refractivity contribution >= 4 is 0 Å². The topological polar surface area (TPSA) is 58.3 Å². The van der Waals surface area contributed by atoms with Crippen molar-refractivity contribution in [1.29, 1.82) is 0 Å². The van der Waals surface area contributed by atoms with Crippen LogP contribution in [0.3, 0.4) is 0 Å². The minimum atomic E-state index is -0.391. The third-order valence-corrected chi connectivity index (χ3v) is 2.47. The van der Waals surface area contributed by atoms with E-state index in [1.54, 1.807) is 0 Å². The summed E-state index contributed by atoms with van der Waals surface area (Å²) in [6, 6.07) is 0.528. The van der Waals surface area contributed by atoms with Crippen LogP contribution in [0.4, 0.5) is 0 Å². The number of rotatable bonds is 4. The Bertz CT molecular complexity index is 113. The fraction of sp³-hybridized carbons (Fsp3) is 1.00. The van der Waals surface area contributed by atoms with Crippen molar-refractivity contribution in [3.05, 3.63) is 0 Å². The van der Waals surface area contributed by atoms with E-state index in [4.69, 9.17) is 5.73 Å². The lowest BCUT2D eigenvalue weighted by molar-refractivity contribution is 0.107. The number of nitrogens with two attached hydrogens (primary N) is 1. The summed E-state index contributed by atoms with van der Waals surface area (Å²) in [6.07, 6.45) is 6.64. The summed E-state index contributed by atoms with van der Waals surface area (Å²) in [5.74, 6) is 0. The summed E-state index contributed by atoms with van der Waals surface area (Å²) in [5.41, 5.74) is 5.33. The van der Waals surface area contributed by atoms with Crippen LogP contribution in [0.1, 0.15) is 38.5 Å². The van der Waals surface area contributed by atoms with E-state index in [0.29, 0.717) is 19.0 Å². The molecule has 0 heterocycles. The van der Waals surface area contributed by atoms with E-state index < -0.39 is 6.23 Å². The molecule has 0 amide bonds. The summed E-state index contributed by atoms with van der Waals surface area (Å²) in [7, 11) is 0. The molecule has 3 heteroatoms. The largest absolute Gasteiger partial charge is 0.379 e. The van der Waals surface area contributed by atoms with E-state index in [0.717, 1.165) is 0 Å². The van der Waals surface area contributed by atoms with Crippen molar-refractivity contribution in [3.63, 3.8) is 0 Å². The molecule has 0 saturated heterocycles. The zero-order valence-electron chi connectivity index (χ0n) is 7.63. The Morgan fingerprint density at radius 1 is 1.33 bits per heavy atom. The van der Waals surface area contributed by atoms with Gasteiger partial charge in [-0.05, 0) is 25.8 Å². The predicted molar refractivity (Wildman–Crippen MR) is 49.7 cm³/mol. The van der Waals surface area contributed by atoms with Gasteiger partial charge in [0.05, 0.1) is 0 Å². The average molecular weight is 172 g/mol. The highest BCUT2D eigenvalue weighted by molar-refractivity contribution is 4.73. The SMILES string of the molecule is NCCC(O)NC1CCCCC1. The fourth-order valence-electron chi connectivity index (χ4n) is 1.78. The number of aliphatic hydroxyl groups is 1. The monoisotopic (exact) mass is 172 g/mol. The highest BCUT2D eigenvalue weighted by Crippen LogP contribution is 2.17. The van der Waals surface area contributed by atoms with E-state index in [-0.39, 0.29) is 0 Å². The normalized spacial score (nSPS) is 22.5. The molecule has 0 spiro atoms. The van der Waals surface area contributed by atoms with Crippen LogP contribution < -0.4 is 11.1 Å². The van der Waals surface area contributed by atoms with Crippen LogP contribution in [0.25, 0.3) is 0 Å². The summed E-state index contributed by atoms with van der Waals surface area (Å²) >= 11 is 0. The average Bonchev–Trinajstić information content (AvgIpc) is 2.06. The molecular weight excluding hydrogens is 152 g/mol. The molecule has 1 atom stereocenters. The van der Waals surface area contributed by atoms with Gasteiger partial charge in [0.2, 0.25) is 0 Å². The van der Waals surface area contributed by atoms with Crippen LogP contribution in [0.5, 0.6) is 0 Å². The lowest BCUT2D eigenvalue weighted by atomic mass is 9.95. The summed E-state index contributed by atoms with van der Waals surface area (Å²) in [4.78, 5) is 0. The molecule has 1 rings (SSSR count). The highest BCUT2D eigenvalue weighted by Gasteiger charge is 2.15. The van der Waals surface area contributed by atoms with Crippen LogP contribution in [-0.2, 0) is 0 Å². The minimum Gasteiger partial charge on any atom is -0.379 e. The van der Waals surface area contributed by atoms with Crippen molar-refractivity contribution in [3.8, 4) is 0 Å². The summed E-state index contributed by atoms with van der Waals surface area (Å²) < 4.78 is 0. The van der Waals surface area contributed by atoms with E-state index in [9.17, 15) is 5.11 Å². The van der Waals surface area contributed by atoms with Crippen molar-refractivity contribution in [2.24, 2.45) is 5.73 Å². The number of nitrogens with one attached hydrogen (secondary N) is 1. The first kappa shape index (κ1) is 9.96. The Morgan fingerprint density at radius 2 is 2.00 bits per heavy atom. The Labute approximate surface area is 74.3 Å². The van der Waals surface area contributed by atoms with Crippen LogP contribution in [-0.4, -0.2) is 23.9 Å². The van der Waals surface area contributed by atoms with Gasteiger partial charge in [0, 0.05) is 6.04 Å². The second-order valence-electron chi connectivity index (χ2n) is 3.59. The smallest absolute Gasteiger partial charge is 0.106 e. The maximum Gasteiger partial charge on any atom is 0.106 e. The molecule has 0 aromatic carbocycles. The molecule has 0 bridgehead atoms. The molecule has 1 unspecified atom stereocenters. The predicted octanol–water partition coefficient (Wildman–Crippen LogP) is 0.576. The van der Waals surface area contributed by atoms with E-state index >= 15 is 0 Å². The second kappa shape index (κ2) is 5.51. The van der Waals surface area contributed by atoms with Gasteiger partial charge < -0.3 is 10.8 Å². The Hall–Kier alpha value is -0.120. The maximum atomic E-state index is 9.41. The quantitative estimate of drug-likeness (QED) is 0.544. The number of aliphatic hydroxyl groups excluding tert-OH is 1. The second-order valence-corrected chi connectivity index (χ2v) is 3.59. The molecule has 12 heavy (non-hydrogen) atoms. The zero-order chi connectivity index (χ0) is 8.81. The lowest BCUT2D eigenvalue weighted by Crippen LogP contribution is -2.40. The van der Waals surface area contributed by atoms with Gasteiger partial charge in [-0.15, -0.1) is 0 Å². The van der Waals surface area contributed by atoms with Gasteiger partial charge in [-0.2, -0.15) is 0 Å². The first-order valence-corrected chi connectivity index (χ1v) is 4.97. The lowest BCUT2D eigenvalue weighted by Gasteiger charge is -2.25. The van der Waals surface area contributed by atoms with Crippen LogP contribution in [0.2, 0.25) is 0 Å². The van der Waals surface area contributed by atoms with Crippen LogP contribution in [0.15, 0.2) is 0 Å². The third-order valence-electron chi connectivity index (χ3n) is 2.47. The minimum absolute atomic E-state index is 0.391. The molecule has 1 aliphatic carbocycles. The molecule has 4 N–H and O–H groups in total. The van der Waals surface area contributed by atoms with Gasteiger partial charge in [0.1, 0.15) is 6.23 Å². The molecular formula is C9H20N2O. The van der Waals surface area contributed by atoms with Gasteiger partial charge in [0.25, 0.3) is 0 Å². The highest BCUT2D eigenvalue weighted by atomic mass is 16.3. The third kappa shape index (κ3) is 3.52. The van der Waals surface area contributed by atoms with Crippen molar-refractivity contribution in [1.82, 2.24) is 5.32 Å². The van der Waals surface area contributed by atoms with Crippen molar-refractivity contribution < 1.29 is 5.11 Å². The van der Waals surface area contributed by atoms with E-state index in [1.807, 2.05) is 0 Å². The molecule has 1 aliphatic rings. The number of hydrogen-bond acceptors (Lipinski definition) is 3. The molecule has 1 saturated carbocycles. The van der Waals surface area contributed by atoms with Crippen LogP contribution in [0, 0.1) is 0 Å². The molecule has 0 aromatic rings. The molecule has 72 valence electrons.